The van der Waals surface area contributed by atoms with Gasteiger partial charge in [0.2, 0.25) is 0 Å². The summed E-state index contributed by atoms with van der Waals surface area (Å²) < 4.78 is 20.2. The molecule has 2 rings (SSSR count). The maximum Gasteiger partial charge on any atom is 0.469 e. The number of hydrogen-bond acceptors (Lipinski definition) is 7. The lowest BCUT2D eigenvalue weighted by molar-refractivity contribution is -0.118. The Morgan fingerprint density at radius 2 is 2.10 bits per heavy atom. The number of carbonyl (C=O) groups excluding carboxylic acids is 1. The Bertz CT molecular complexity index is 517. The summed E-state index contributed by atoms with van der Waals surface area (Å²) in [7, 11) is -4.71. The smallest absolute Gasteiger partial charge is 0.387 e. The van der Waals surface area contributed by atoms with Gasteiger partial charge in [-0.1, -0.05) is 6.58 Å². The highest BCUT2D eigenvalue weighted by molar-refractivity contribution is 7.46. The lowest BCUT2D eigenvalue weighted by Gasteiger charge is -2.32. The van der Waals surface area contributed by atoms with E-state index < -0.39 is 44.9 Å². The van der Waals surface area contributed by atoms with Crippen LogP contribution >= 0.6 is 7.82 Å². The average Bonchev–Trinajstić information content (AvgIpc) is 2.64. The number of phosphoric acid groups is 1. The third kappa shape index (κ3) is 3.69. The predicted octanol–water partition coefficient (Wildman–Crippen LogP) is -2.04. The van der Waals surface area contributed by atoms with Gasteiger partial charge in [-0.3, -0.25) is 9.32 Å². The van der Waals surface area contributed by atoms with Crippen molar-refractivity contribution in [3.8, 4) is 0 Å². The van der Waals surface area contributed by atoms with Gasteiger partial charge in [0.1, 0.15) is 24.1 Å². The minimum atomic E-state index is -4.71. The molecule has 0 bridgehead atoms. The third-order valence-corrected chi connectivity index (χ3v) is 3.47. The normalized spacial score (nSPS) is 33.4. The highest BCUT2D eigenvalue weighted by Gasteiger charge is 2.46. The predicted molar refractivity (Wildman–Crippen MR) is 66.9 cm³/mol. The van der Waals surface area contributed by atoms with Crippen molar-refractivity contribution in [1.29, 1.82) is 0 Å². The van der Waals surface area contributed by atoms with E-state index in [1.165, 1.54) is 17.2 Å². The minimum absolute atomic E-state index is 0.135. The topological polar surface area (TPSA) is 149 Å². The second-order valence-corrected chi connectivity index (χ2v) is 5.73. The van der Waals surface area contributed by atoms with E-state index in [1.807, 2.05) is 0 Å². The SMILES string of the molecule is C=C1NC(=O)C=CN1[C@@H]1O[C@H](COP(=O)(O)O)[C@@H](O)C1O. The van der Waals surface area contributed by atoms with Gasteiger partial charge in [0.25, 0.3) is 5.91 Å². The van der Waals surface area contributed by atoms with Crippen molar-refractivity contribution in [1.82, 2.24) is 10.2 Å². The fourth-order valence-corrected chi connectivity index (χ4v) is 2.33. The quantitative estimate of drug-likeness (QED) is 0.369. The number of aliphatic hydroxyl groups is 2. The molecule has 1 amide bonds. The van der Waals surface area contributed by atoms with Crippen molar-refractivity contribution in [2.45, 2.75) is 24.5 Å². The Morgan fingerprint density at radius 3 is 2.67 bits per heavy atom. The Balaban J connectivity index is 2.06. The van der Waals surface area contributed by atoms with Crippen molar-refractivity contribution in [2.24, 2.45) is 0 Å². The Morgan fingerprint density at radius 1 is 1.43 bits per heavy atom. The molecule has 0 saturated carbocycles. The van der Waals surface area contributed by atoms with Crippen molar-refractivity contribution >= 4 is 13.7 Å². The molecule has 0 radical (unpaired) electrons. The summed E-state index contributed by atoms with van der Waals surface area (Å²) in [6.07, 6.45) is -2.52. The number of rotatable bonds is 4. The van der Waals surface area contributed by atoms with Gasteiger partial charge in [0.05, 0.1) is 6.61 Å². The molecule has 11 heteroatoms. The summed E-state index contributed by atoms with van der Waals surface area (Å²) in [4.78, 5) is 29.6. The molecule has 5 N–H and O–H groups in total. The molecule has 0 spiro atoms. The molecule has 1 unspecified atom stereocenters. The molecule has 118 valence electrons. The summed E-state index contributed by atoms with van der Waals surface area (Å²) in [6, 6.07) is 0. The van der Waals surface area contributed by atoms with E-state index >= 15 is 0 Å². The first-order valence-corrected chi connectivity index (χ1v) is 7.40. The van der Waals surface area contributed by atoms with Crippen LogP contribution < -0.4 is 5.32 Å². The molecule has 0 aliphatic carbocycles. The summed E-state index contributed by atoms with van der Waals surface area (Å²) in [5.74, 6) is -0.263. The molecule has 0 aromatic carbocycles. The van der Waals surface area contributed by atoms with Gasteiger partial charge in [-0.2, -0.15) is 0 Å². The number of amides is 1. The molecule has 4 atom stereocenters. The van der Waals surface area contributed by atoms with Crippen LogP contribution in [0.15, 0.2) is 24.7 Å². The average molecular weight is 322 g/mol. The summed E-state index contributed by atoms with van der Waals surface area (Å²) in [6.45, 7) is 2.97. The van der Waals surface area contributed by atoms with Crippen LogP contribution in [0.3, 0.4) is 0 Å². The fraction of sp³-hybridized carbons (Fsp3) is 0.500. The van der Waals surface area contributed by atoms with Crippen molar-refractivity contribution in [3.05, 3.63) is 24.7 Å². The summed E-state index contributed by atoms with van der Waals surface area (Å²) in [5.41, 5.74) is 0. The number of aliphatic hydroxyl groups excluding tert-OH is 2. The Labute approximate surface area is 119 Å². The molecule has 2 aliphatic rings. The van der Waals surface area contributed by atoms with Crippen LogP contribution in [0.2, 0.25) is 0 Å². The maximum absolute atomic E-state index is 11.1. The largest absolute Gasteiger partial charge is 0.469 e. The number of nitrogens with one attached hydrogen (secondary N) is 1. The summed E-state index contributed by atoms with van der Waals surface area (Å²) in [5, 5.41) is 22.1. The van der Waals surface area contributed by atoms with Crippen LogP contribution in [0, 0.1) is 0 Å². The standard InChI is InChI=1S/C10H15N2O8P/c1-5-11-7(13)2-3-12(5)10-9(15)8(14)6(20-10)4-19-21(16,17)18/h2-3,6,8-10,14-15H,1,4H2,(H,11,13)(H2,16,17,18)/t6-,8-,9?,10-/m1/s1. The maximum atomic E-state index is 11.1. The first-order chi connectivity index (χ1) is 9.69. The van der Waals surface area contributed by atoms with Crippen LogP contribution in [-0.4, -0.2) is 62.0 Å². The third-order valence-electron chi connectivity index (χ3n) is 2.98. The van der Waals surface area contributed by atoms with E-state index in [-0.39, 0.29) is 5.82 Å². The number of hydrogen-bond donors (Lipinski definition) is 5. The van der Waals surface area contributed by atoms with Gasteiger partial charge in [-0.05, 0) is 0 Å². The van der Waals surface area contributed by atoms with E-state index in [2.05, 4.69) is 16.4 Å². The van der Waals surface area contributed by atoms with Crippen molar-refractivity contribution in [2.75, 3.05) is 6.61 Å². The van der Waals surface area contributed by atoms with Gasteiger partial charge in [-0.25, -0.2) is 4.57 Å². The minimum Gasteiger partial charge on any atom is -0.387 e. The molecule has 10 nitrogen and oxygen atoms in total. The monoisotopic (exact) mass is 322 g/mol. The molecule has 1 saturated heterocycles. The zero-order valence-electron chi connectivity index (χ0n) is 10.7. The zero-order valence-corrected chi connectivity index (χ0v) is 11.6. The Kier molecular flexibility index (Phi) is 4.49. The van der Waals surface area contributed by atoms with Gasteiger partial charge in [0, 0.05) is 12.3 Å². The molecule has 21 heavy (non-hydrogen) atoms. The van der Waals surface area contributed by atoms with E-state index in [0.717, 1.165) is 0 Å². The fourth-order valence-electron chi connectivity index (χ4n) is 1.99. The second kappa shape index (κ2) is 5.85. The second-order valence-electron chi connectivity index (χ2n) is 4.49. The van der Waals surface area contributed by atoms with Gasteiger partial charge in [-0.15, -0.1) is 0 Å². The first-order valence-electron chi connectivity index (χ1n) is 5.87. The van der Waals surface area contributed by atoms with E-state index in [0.29, 0.717) is 0 Å². The van der Waals surface area contributed by atoms with Crippen LogP contribution in [0.1, 0.15) is 0 Å². The lowest BCUT2D eigenvalue weighted by atomic mass is 10.1. The molecule has 0 aromatic heterocycles. The number of nitrogens with zero attached hydrogens (tertiary/aromatic N) is 1. The van der Waals surface area contributed by atoms with Crippen molar-refractivity contribution in [3.63, 3.8) is 0 Å². The van der Waals surface area contributed by atoms with Crippen LogP contribution in [0.25, 0.3) is 0 Å². The molecule has 0 aromatic rings. The number of carbonyl (C=O) groups is 1. The molecule has 2 heterocycles. The van der Waals surface area contributed by atoms with E-state index in [4.69, 9.17) is 14.5 Å². The zero-order chi connectivity index (χ0) is 15.8. The lowest BCUT2D eigenvalue weighted by Crippen LogP contribution is -2.46. The van der Waals surface area contributed by atoms with E-state index in [1.54, 1.807) is 0 Å². The van der Waals surface area contributed by atoms with E-state index in [9.17, 15) is 19.6 Å². The summed E-state index contributed by atoms with van der Waals surface area (Å²) >= 11 is 0. The highest BCUT2D eigenvalue weighted by atomic mass is 31.2. The first kappa shape index (κ1) is 16.1. The number of phosphoric ester groups is 1. The van der Waals surface area contributed by atoms with Gasteiger partial charge < -0.3 is 35.0 Å². The van der Waals surface area contributed by atoms with Gasteiger partial charge >= 0.3 is 7.82 Å². The molecule has 2 aliphatic heterocycles. The molecular formula is C10H15N2O8P. The molecular weight excluding hydrogens is 307 g/mol. The van der Waals surface area contributed by atoms with Crippen LogP contribution in [0.4, 0.5) is 0 Å². The van der Waals surface area contributed by atoms with Crippen molar-refractivity contribution < 1.29 is 38.6 Å². The van der Waals surface area contributed by atoms with Crippen LogP contribution in [-0.2, 0) is 18.6 Å². The number of ether oxygens (including phenoxy) is 1. The Hall–Kier alpha value is -1.26. The van der Waals surface area contributed by atoms with Gasteiger partial charge in [0.15, 0.2) is 6.23 Å². The molecule has 1 fully saturated rings. The van der Waals surface area contributed by atoms with Crippen LogP contribution in [0.5, 0.6) is 0 Å². The highest BCUT2D eigenvalue weighted by Crippen LogP contribution is 2.37.